The zero-order valence-electron chi connectivity index (χ0n) is 15.4. The molecule has 0 unspecified atom stereocenters. The van der Waals surface area contributed by atoms with Crippen LogP contribution in [0.4, 0.5) is 0 Å². The molecule has 2 N–H and O–H groups in total. The van der Waals surface area contributed by atoms with Crippen molar-refractivity contribution in [1.82, 2.24) is 14.9 Å². The zero-order chi connectivity index (χ0) is 18.1. The molecule has 26 heavy (non-hydrogen) atoms. The van der Waals surface area contributed by atoms with Crippen molar-refractivity contribution in [3.8, 4) is 11.5 Å². The fourth-order valence-electron chi connectivity index (χ4n) is 4.38. The van der Waals surface area contributed by atoms with Gasteiger partial charge in [-0.2, -0.15) is 0 Å². The molecule has 0 amide bonds. The van der Waals surface area contributed by atoms with Gasteiger partial charge in [-0.3, -0.25) is 4.90 Å². The van der Waals surface area contributed by atoms with Gasteiger partial charge < -0.3 is 19.6 Å². The number of aliphatic hydroxyl groups is 1. The van der Waals surface area contributed by atoms with Gasteiger partial charge in [-0.15, -0.1) is 0 Å². The quantitative estimate of drug-likeness (QED) is 0.860. The Balaban J connectivity index is 1.40. The Kier molecular flexibility index (Phi) is 4.87. The van der Waals surface area contributed by atoms with Crippen LogP contribution in [0.15, 0.2) is 30.6 Å². The Bertz CT molecular complexity index is 747. The number of aromatic nitrogens is 2. The van der Waals surface area contributed by atoms with E-state index in [2.05, 4.69) is 21.8 Å². The Morgan fingerprint density at radius 3 is 2.62 bits per heavy atom. The molecule has 4 atom stereocenters. The van der Waals surface area contributed by atoms with Gasteiger partial charge in [-0.1, -0.05) is 12.1 Å². The van der Waals surface area contributed by atoms with Crippen LogP contribution in [-0.4, -0.2) is 52.4 Å². The van der Waals surface area contributed by atoms with Crippen molar-refractivity contribution >= 4 is 0 Å². The van der Waals surface area contributed by atoms with Gasteiger partial charge in [0.05, 0.1) is 25.2 Å². The number of aromatic amines is 1. The minimum Gasteiger partial charge on any atom is -0.493 e. The topological polar surface area (TPSA) is 70.6 Å². The van der Waals surface area contributed by atoms with E-state index in [0.717, 1.165) is 43.9 Å². The second-order valence-electron chi connectivity index (χ2n) is 7.53. The van der Waals surface area contributed by atoms with Gasteiger partial charge in [0, 0.05) is 25.3 Å². The molecule has 1 aromatic carbocycles. The molecule has 0 bridgehead atoms. The molecule has 2 fully saturated rings. The Hall–Kier alpha value is -2.05. The molecule has 4 rings (SSSR count). The van der Waals surface area contributed by atoms with E-state index in [-0.39, 0.29) is 6.10 Å². The number of rotatable bonds is 5. The van der Waals surface area contributed by atoms with E-state index >= 15 is 0 Å². The summed E-state index contributed by atoms with van der Waals surface area (Å²) in [6.07, 6.45) is 2.81. The zero-order valence-corrected chi connectivity index (χ0v) is 15.4. The second kappa shape index (κ2) is 7.29. The summed E-state index contributed by atoms with van der Waals surface area (Å²) in [6.45, 7) is 4.99. The fraction of sp³-hybridized carbons (Fsp3) is 0.550. The lowest BCUT2D eigenvalue weighted by atomic mass is 9.78. The maximum Gasteiger partial charge on any atom is 0.161 e. The molecule has 0 radical (unpaired) electrons. The highest BCUT2D eigenvalue weighted by atomic mass is 16.5. The van der Waals surface area contributed by atoms with Crippen LogP contribution < -0.4 is 9.47 Å². The highest BCUT2D eigenvalue weighted by Crippen LogP contribution is 2.39. The molecule has 2 aromatic rings. The predicted molar refractivity (Wildman–Crippen MR) is 98.2 cm³/mol. The number of H-pyrrole nitrogens is 1. The monoisotopic (exact) mass is 357 g/mol. The average Bonchev–Trinajstić information content (AvgIpc) is 3.21. The number of nitrogens with one attached hydrogen (secondary N) is 1. The van der Waals surface area contributed by atoms with Gasteiger partial charge in [-0.05, 0) is 43.7 Å². The Morgan fingerprint density at radius 1 is 1.19 bits per heavy atom. The summed E-state index contributed by atoms with van der Waals surface area (Å²) in [4.78, 5) is 10.0. The summed E-state index contributed by atoms with van der Waals surface area (Å²) >= 11 is 0. The SMILES string of the molecule is COc1ccccc1O[C@@H]1C[C@@H]2CN(Cc3nc[nH]c3C)C[C@@H]2C[C@H]1O. The standard InChI is InChI=1S/C20H27N3O3/c1-13-16(22-12-21-13)11-23-9-14-7-17(24)20(8-15(14)10-23)26-19-6-4-3-5-18(19)25-2/h3-6,12,14-15,17,20,24H,7-11H2,1-2H3,(H,21,22)/t14-,15+,17+,20+/m0/s1. The number of nitrogens with zero attached hydrogens (tertiary/aromatic N) is 2. The minimum absolute atomic E-state index is 0.181. The number of hydrogen-bond donors (Lipinski definition) is 2. The second-order valence-corrected chi connectivity index (χ2v) is 7.53. The number of methoxy groups -OCH3 is 1. The van der Waals surface area contributed by atoms with Gasteiger partial charge in [0.2, 0.25) is 0 Å². The molecule has 6 heteroatoms. The summed E-state index contributed by atoms with van der Waals surface area (Å²) in [5.41, 5.74) is 2.25. The van der Waals surface area contributed by atoms with Gasteiger partial charge in [0.15, 0.2) is 11.5 Å². The first-order valence-electron chi connectivity index (χ1n) is 9.33. The number of hydrogen-bond acceptors (Lipinski definition) is 5. The van der Waals surface area contributed by atoms with Crippen LogP contribution >= 0.6 is 0 Å². The van der Waals surface area contributed by atoms with Crippen molar-refractivity contribution < 1.29 is 14.6 Å². The number of aryl methyl sites for hydroxylation is 1. The molecule has 2 aliphatic rings. The maximum absolute atomic E-state index is 10.6. The van der Waals surface area contributed by atoms with Crippen LogP contribution in [0.1, 0.15) is 24.2 Å². The summed E-state index contributed by atoms with van der Waals surface area (Å²) in [5, 5.41) is 10.6. The van der Waals surface area contributed by atoms with Crippen molar-refractivity contribution in [2.45, 2.75) is 38.5 Å². The van der Waals surface area contributed by atoms with Crippen LogP contribution in [0.2, 0.25) is 0 Å². The molecule has 1 saturated carbocycles. The number of ether oxygens (including phenoxy) is 2. The Morgan fingerprint density at radius 2 is 1.92 bits per heavy atom. The van der Waals surface area contributed by atoms with Crippen LogP contribution in [-0.2, 0) is 6.54 Å². The van der Waals surface area contributed by atoms with Crippen molar-refractivity contribution in [3.63, 3.8) is 0 Å². The third kappa shape index (κ3) is 3.44. The number of fused-ring (bicyclic) bond motifs is 1. The molecular formula is C20H27N3O3. The summed E-state index contributed by atoms with van der Waals surface area (Å²) in [5.74, 6) is 2.50. The van der Waals surface area contributed by atoms with Gasteiger partial charge >= 0.3 is 0 Å². The van der Waals surface area contributed by atoms with Crippen LogP contribution in [0.25, 0.3) is 0 Å². The number of imidazole rings is 1. The van der Waals surface area contributed by atoms with Gasteiger partial charge in [-0.25, -0.2) is 4.98 Å². The molecule has 1 aliphatic heterocycles. The normalized spacial score (nSPS) is 28.7. The third-order valence-electron chi connectivity index (χ3n) is 5.82. The highest BCUT2D eigenvalue weighted by molar-refractivity contribution is 5.39. The molecule has 0 spiro atoms. The molecule has 6 nitrogen and oxygen atoms in total. The van der Waals surface area contributed by atoms with E-state index in [4.69, 9.17) is 9.47 Å². The molecule has 1 aromatic heterocycles. The smallest absolute Gasteiger partial charge is 0.161 e. The lowest BCUT2D eigenvalue weighted by Gasteiger charge is -2.35. The van der Waals surface area contributed by atoms with E-state index in [1.165, 1.54) is 0 Å². The van der Waals surface area contributed by atoms with E-state index in [0.29, 0.717) is 23.3 Å². The van der Waals surface area contributed by atoms with Gasteiger partial charge in [0.25, 0.3) is 0 Å². The van der Waals surface area contributed by atoms with E-state index in [1.54, 1.807) is 13.4 Å². The molecule has 1 aliphatic carbocycles. The third-order valence-corrected chi connectivity index (χ3v) is 5.82. The first-order chi connectivity index (χ1) is 12.6. The van der Waals surface area contributed by atoms with Crippen LogP contribution in [0.5, 0.6) is 11.5 Å². The Labute approximate surface area is 154 Å². The molecular weight excluding hydrogens is 330 g/mol. The minimum atomic E-state index is -0.437. The predicted octanol–water partition coefficient (Wildman–Crippen LogP) is 2.38. The van der Waals surface area contributed by atoms with Crippen LogP contribution in [0.3, 0.4) is 0 Å². The number of benzene rings is 1. The number of likely N-dealkylation sites (tertiary alicyclic amines) is 1. The summed E-state index contributed by atoms with van der Waals surface area (Å²) < 4.78 is 11.5. The first-order valence-corrected chi connectivity index (χ1v) is 9.33. The van der Waals surface area contributed by atoms with Crippen LogP contribution in [0, 0.1) is 18.8 Å². The van der Waals surface area contributed by atoms with Crippen molar-refractivity contribution in [2.75, 3.05) is 20.2 Å². The summed E-state index contributed by atoms with van der Waals surface area (Å²) in [7, 11) is 1.64. The van der Waals surface area contributed by atoms with E-state index < -0.39 is 6.10 Å². The lowest BCUT2D eigenvalue weighted by Crippen LogP contribution is -2.42. The number of aliphatic hydroxyl groups excluding tert-OH is 1. The number of para-hydroxylation sites is 2. The van der Waals surface area contributed by atoms with Crippen molar-refractivity contribution in [2.24, 2.45) is 11.8 Å². The van der Waals surface area contributed by atoms with Crippen molar-refractivity contribution in [3.05, 3.63) is 42.0 Å². The average molecular weight is 357 g/mol. The largest absolute Gasteiger partial charge is 0.493 e. The van der Waals surface area contributed by atoms with E-state index in [9.17, 15) is 5.11 Å². The van der Waals surface area contributed by atoms with Gasteiger partial charge in [0.1, 0.15) is 6.10 Å². The molecule has 1 saturated heterocycles. The highest BCUT2D eigenvalue weighted by Gasteiger charge is 2.42. The summed E-state index contributed by atoms with van der Waals surface area (Å²) in [6, 6.07) is 7.64. The maximum atomic E-state index is 10.6. The first kappa shape index (κ1) is 17.4. The van der Waals surface area contributed by atoms with E-state index in [1.807, 2.05) is 24.3 Å². The van der Waals surface area contributed by atoms with Crippen molar-refractivity contribution in [1.29, 1.82) is 0 Å². The molecule has 2 heterocycles. The lowest BCUT2D eigenvalue weighted by molar-refractivity contribution is -0.0240. The molecule has 140 valence electrons. The fourth-order valence-corrected chi connectivity index (χ4v) is 4.38.